The number of anilines is 1. The number of halogens is 2. The van der Waals surface area contributed by atoms with Crippen molar-refractivity contribution in [1.82, 2.24) is 14.9 Å². The molecule has 0 spiro atoms. The minimum absolute atomic E-state index is 0.0460. The van der Waals surface area contributed by atoms with E-state index in [4.69, 9.17) is 23.9 Å². The first-order chi connectivity index (χ1) is 19.9. The van der Waals surface area contributed by atoms with Crippen molar-refractivity contribution in [1.29, 1.82) is 0 Å². The third-order valence-electron chi connectivity index (χ3n) is 7.71. The van der Waals surface area contributed by atoms with E-state index in [0.29, 0.717) is 67.4 Å². The van der Waals surface area contributed by atoms with Crippen LogP contribution >= 0.6 is 0 Å². The van der Waals surface area contributed by atoms with E-state index >= 15 is 0 Å². The summed E-state index contributed by atoms with van der Waals surface area (Å²) in [6, 6.07) is 6.54. The SMILES string of the molecule is CC(Oc1cc(F)cc(F)c1)c1cc(C(=O)N2CCC2)cc2ncc(N3CCO[C@H](COC4CCCCO4)C3)nc12. The quantitative estimate of drug-likeness (QED) is 0.389. The highest BCUT2D eigenvalue weighted by atomic mass is 19.1. The molecular formula is C30H34F2N4O5. The summed E-state index contributed by atoms with van der Waals surface area (Å²) in [6.45, 7) is 6.04. The van der Waals surface area contributed by atoms with Crippen LogP contribution in [0.4, 0.5) is 14.6 Å². The van der Waals surface area contributed by atoms with Gasteiger partial charge in [0.15, 0.2) is 6.29 Å². The van der Waals surface area contributed by atoms with E-state index in [-0.39, 0.29) is 24.1 Å². The monoisotopic (exact) mass is 568 g/mol. The van der Waals surface area contributed by atoms with Crippen molar-refractivity contribution in [2.24, 2.45) is 0 Å². The van der Waals surface area contributed by atoms with Gasteiger partial charge < -0.3 is 28.7 Å². The molecule has 0 aliphatic carbocycles. The van der Waals surface area contributed by atoms with Gasteiger partial charge in [-0.25, -0.2) is 13.8 Å². The standard InChI is InChI=1S/C30H34F2N4O5/c1-19(41-23-14-21(31)13-22(32)15-23)25-11-20(30(37)35-6-4-7-35)12-26-29(25)34-27(16-33-26)36-8-10-38-24(17-36)18-40-28-5-2-3-9-39-28/h11-16,19,24,28H,2-10,17-18H2,1H3/t19?,24-,28?/m0/s1. The van der Waals surface area contributed by atoms with Crippen molar-refractivity contribution < 1.29 is 32.5 Å². The van der Waals surface area contributed by atoms with Gasteiger partial charge >= 0.3 is 0 Å². The Bertz CT molecular complexity index is 1380. The Morgan fingerprint density at radius 2 is 1.88 bits per heavy atom. The molecule has 3 atom stereocenters. The Labute approximate surface area is 237 Å². The lowest BCUT2D eigenvalue weighted by Gasteiger charge is -2.34. The number of morpholine rings is 1. The molecule has 0 N–H and O–H groups in total. The molecule has 4 heterocycles. The highest BCUT2D eigenvalue weighted by Gasteiger charge is 2.27. The molecule has 0 radical (unpaired) electrons. The lowest BCUT2D eigenvalue weighted by molar-refractivity contribution is -0.180. The van der Waals surface area contributed by atoms with E-state index < -0.39 is 17.7 Å². The number of hydrogen-bond donors (Lipinski definition) is 0. The second-order valence-electron chi connectivity index (χ2n) is 10.7. The van der Waals surface area contributed by atoms with Gasteiger partial charge in [-0.2, -0.15) is 0 Å². The summed E-state index contributed by atoms with van der Waals surface area (Å²) >= 11 is 0. The molecule has 6 rings (SSSR count). The van der Waals surface area contributed by atoms with E-state index in [1.165, 1.54) is 0 Å². The smallest absolute Gasteiger partial charge is 0.253 e. The van der Waals surface area contributed by atoms with E-state index in [1.807, 2.05) is 0 Å². The van der Waals surface area contributed by atoms with Crippen molar-refractivity contribution >= 4 is 22.8 Å². The maximum atomic E-state index is 13.9. The van der Waals surface area contributed by atoms with Crippen molar-refractivity contribution in [3.63, 3.8) is 0 Å². The number of aromatic nitrogens is 2. The Morgan fingerprint density at radius 1 is 1.05 bits per heavy atom. The predicted octanol–water partition coefficient (Wildman–Crippen LogP) is 4.64. The van der Waals surface area contributed by atoms with Crippen LogP contribution in [0.25, 0.3) is 11.0 Å². The number of nitrogens with zero attached hydrogens (tertiary/aromatic N) is 4. The maximum Gasteiger partial charge on any atom is 0.253 e. The van der Waals surface area contributed by atoms with Gasteiger partial charge in [0, 0.05) is 62.1 Å². The first-order valence-corrected chi connectivity index (χ1v) is 14.3. The Morgan fingerprint density at radius 3 is 2.61 bits per heavy atom. The number of carbonyl (C=O) groups excluding carboxylic acids is 1. The van der Waals surface area contributed by atoms with Crippen molar-refractivity contribution in [3.8, 4) is 5.75 Å². The van der Waals surface area contributed by atoms with Crippen molar-refractivity contribution in [2.45, 2.75) is 51.1 Å². The van der Waals surface area contributed by atoms with Gasteiger partial charge in [-0.15, -0.1) is 0 Å². The second-order valence-corrected chi connectivity index (χ2v) is 10.7. The van der Waals surface area contributed by atoms with Gasteiger partial charge in [0.1, 0.15) is 29.3 Å². The summed E-state index contributed by atoms with van der Waals surface area (Å²) in [5.41, 5.74) is 2.18. The molecule has 3 aliphatic heterocycles. The van der Waals surface area contributed by atoms with Crippen molar-refractivity contribution in [2.75, 3.05) is 50.9 Å². The molecule has 41 heavy (non-hydrogen) atoms. The van der Waals surface area contributed by atoms with E-state index in [1.54, 1.807) is 30.2 Å². The average Bonchev–Trinajstić information content (AvgIpc) is 2.94. The largest absolute Gasteiger partial charge is 0.486 e. The molecule has 2 unspecified atom stereocenters. The Balaban J connectivity index is 1.27. The summed E-state index contributed by atoms with van der Waals surface area (Å²) in [6.07, 6.45) is 4.71. The first kappa shape index (κ1) is 27.7. The summed E-state index contributed by atoms with van der Waals surface area (Å²) in [7, 11) is 0. The Kier molecular flexibility index (Phi) is 8.27. The number of hydrogen-bond acceptors (Lipinski definition) is 8. The molecule has 1 aromatic heterocycles. The van der Waals surface area contributed by atoms with Crippen LogP contribution in [0.1, 0.15) is 54.6 Å². The molecule has 11 heteroatoms. The second kappa shape index (κ2) is 12.2. The molecule has 9 nitrogen and oxygen atoms in total. The van der Waals surface area contributed by atoms with Gasteiger partial charge in [0.2, 0.25) is 0 Å². The van der Waals surface area contributed by atoms with Crippen LogP contribution in [0.3, 0.4) is 0 Å². The number of fused-ring (bicyclic) bond motifs is 1. The minimum atomic E-state index is -0.734. The Hall–Kier alpha value is -3.41. The van der Waals surface area contributed by atoms with E-state index in [9.17, 15) is 13.6 Å². The van der Waals surface area contributed by atoms with Gasteiger partial charge in [0.05, 0.1) is 36.5 Å². The van der Waals surface area contributed by atoms with Gasteiger partial charge in [-0.1, -0.05) is 0 Å². The molecule has 218 valence electrons. The summed E-state index contributed by atoms with van der Waals surface area (Å²) in [5, 5.41) is 0. The van der Waals surface area contributed by atoms with Gasteiger partial charge in [-0.05, 0) is 44.7 Å². The van der Waals surface area contributed by atoms with Crippen LogP contribution in [0.5, 0.6) is 5.75 Å². The zero-order valence-electron chi connectivity index (χ0n) is 23.1. The molecule has 3 aliphatic rings. The number of ether oxygens (including phenoxy) is 4. The molecular weight excluding hydrogens is 534 g/mol. The highest BCUT2D eigenvalue weighted by Crippen LogP contribution is 2.31. The molecule has 1 amide bonds. The molecule has 2 aromatic carbocycles. The summed E-state index contributed by atoms with van der Waals surface area (Å²) in [5.74, 6) is -0.854. The highest BCUT2D eigenvalue weighted by molar-refractivity contribution is 5.98. The van der Waals surface area contributed by atoms with Gasteiger partial charge in [0.25, 0.3) is 5.91 Å². The number of benzene rings is 2. The third kappa shape index (κ3) is 6.42. The van der Waals surface area contributed by atoms with E-state index in [2.05, 4.69) is 9.88 Å². The van der Waals surface area contributed by atoms with Crippen LogP contribution in [-0.2, 0) is 14.2 Å². The fourth-order valence-electron chi connectivity index (χ4n) is 5.37. The normalized spacial score (nSPS) is 21.9. The fraction of sp³-hybridized carbons (Fsp3) is 0.500. The average molecular weight is 569 g/mol. The number of likely N-dealkylation sites (tertiary alicyclic amines) is 1. The third-order valence-corrected chi connectivity index (χ3v) is 7.71. The summed E-state index contributed by atoms with van der Waals surface area (Å²) in [4.78, 5) is 26.6. The topological polar surface area (TPSA) is 86.3 Å². The number of rotatable bonds is 8. The van der Waals surface area contributed by atoms with Crippen molar-refractivity contribution in [3.05, 3.63) is 59.3 Å². The molecule has 0 saturated carbocycles. The van der Waals surface area contributed by atoms with Crippen LogP contribution in [-0.4, -0.2) is 79.2 Å². The molecule has 3 saturated heterocycles. The minimum Gasteiger partial charge on any atom is -0.486 e. The molecule has 3 aromatic rings. The van der Waals surface area contributed by atoms with Crippen LogP contribution in [0.15, 0.2) is 36.5 Å². The number of carbonyl (C=O) groups is 1. The van der Waals surface area contributed by atoms with E-state index in [0.717, 1.165) is 50.5 Å². The predicted molar refractivity (Wildman–Crippen MR) is 147 cm³/mol. The molecule has 3 fully saturated rings. The van der Waals surface area contributed by atoms with Crippen LogP contribution in [0, 0.1) is 11.6 Å². The van der Waals surface area contributed by atoms with Gasteiger partial charge in [-0.3, -0.25) is 9.78 Å². The lowest BCUT2D eigenvalue weighted by Crippen LogP contribution is -2.45. The number of amides is 1. The first-order valence-electron chi connectivity index (χ1n) is 14.3. The fourth-order valence-corrected chi connectivity index (χ4v) is 5.37. The zero-order chi connectivity index (χ0) is 28.3. The lowest BCUT2D eigenvalue weighted by atomic mass is 10.0. The van der Waals surface area contributed by atoms with Crippen LogP contribution < -0.4 is 9.64 Å². The summed E-state index contributed by atoms with van der Waals surface area (Å²) < 4.78 is 51.3. The van der Waals surface area contributed by atoms with Crippen LogP contribution in [0.2, 0.25) is 0 Å². The maximum absolute atomic E-state index is 13.9. The molecule has 0 bridgehead atoms. The zero-order valence-corrected chi connectivity index (χ0v) is 23.1.